The Labute approximate surface area is 112 Å². The molecular weight excluding hydrogens is 242 g/mol. The van der Waals surface area contributed by atoms with Gasteiger partial charge in [-0.25, -0.2) is 0 Å². The van der Waals surface area contributed by atoms with Crippen LogP contribution in [0.1, 0.15) is 35.2 Å². The van der Waals surface area contributed by atoms with Gasteiger partial charge in [0.1, 0.15) is 0 Å². The van der Waals surface area contributed by atoms with Crippen molar-refractivity contribution in [1.29, 1.82) is 0 Å². The number of carbonyl (C=O) groups is 2. The fourth-order valence-electron chi connectivity index (χ4n) is 3.06. The minimum atomic E-state index is -0.271. The van der Waals surface area contributed by atoms with Gasteiger partial charge in [0.15, 0.2) is 0 Å². The number of hydrogen-bond donors (Lipinski definition) is 1. The standard InChI is InChI=1S/C15H17NO3/c17-12-6-5-10(7-12)9-16-14(18)8-11-3-1-2-4-13(11)15(16)19/h1-4,10,12,17H,5-9H2. The second kappa shape index (κ2) is 4.78. The topological polar surface area (TPSA) is 57.6 Å². The Morgan fingerprint density at radius 1 is 1.21 bits per heavy atom. The van der Waals surface area contributed by atoms with Crippen molar-refractivity contribution in [2.45, 2.75) is 31.8 Å². The molecule has 1 aliphatic heterocycles. The number of benzene rings is 1. The number of aliphatic hydroxyl groups is 1. The highest BCUT2D eigenvalue weighted by atomic mass is 16.3. The number of imide groups is 1. The van der Waals surface area contributed by atoms with Crippen LogP contribution in [-0.4, -0.2) is 34.5 Å². The first-order valence-electron chi connectivity index (χ1n) is 6.76. The van der Waals surface area contributed by atoms with E-state index in [4.69, 9.17) is 0 Å². The highest BCUT2D eigenvalue weighted by molar-refractivity contribution is 6.09. The highest BCUT2D eigenvalue weighted by Gasteiger charge is 2.34. The minimum Gasteiger partial charge on any atom is -0.393 e. The molecule has 2 aliphatic rings. The first-order valence-corrected chi connectivity index (χ1v) is 6.76. The van der Waals surface area contributed by atoms with E-state index in [1.54, 1.807) is 6.07 Å². The second-order valence-electron chi connectivity index (χ2n) is 5.48. The SMILES string of the molecule is O=C1Cc2ccccc2C(=O)N1CC1CCC(O)C1. The van der Waals surface area contributed by atoms with Crippen molar-refractivity contribution in [1.82, 2.24) is 4.90 Å². The smallest absolute Gasteiger partial charge is 0.260 e. The third-order valence-electron chi connectivity index (χ3n) is 4.09. The van der Waals surface area contributed by atoms with Crippen molar-refractivity contribution >= 4 is 11.8 Å². The first-order chi connectivity index (χ1) is 9.15. The van der Waals surface area contributed by atoms with Crippen LogP contribution >= 0.6 is 0 Å². The lowest BCUT2D eigenvalue weighted by Gasteiger charge is -2.28. The maximum atomic E-state index is 12.3. The molecule has 1 aromatic carbocycles. The van der Waals surface area contributed by atoms with Crippen LogP contribution in [0.5, 0.6) is 0 Å². The summed E-state index contributed by atoms with van der Waals surface area (Å²) in [6, 6.07) is 7.29. The summed E-state index contributed by atoms with van der Waals surface area (Å²) in [4.78, 5) is 25.8. The molecule has 0 aromatic heterocycles. The van der Waals surface area contributed by atoms with Crippen molar-refractivity contribution < 1.29 is 14.7 Å². The van der Waals surface area contributed by atoms with Gasteiger partial charge >= 0.3 is 0 Å². The Hall–Kier alpha value is -1.68. The number of rotatable bonds is 2. The van der Waals surface area contributed by atoms with E-state index in [1.807, 2.05) is 18.2 Å². The van der Waals surface area contributed by atoms with Gasteiger partial charge in [-0.15, -0.1) is 0 Å². The number of hydrogen-bond acceptors (Lipinski definition) is 3. The molecule has 0 radical (unpaired) electrons. The molecule has 2 atom stereocenters. The van der Waals surface area contributed by atoms with Gasteiger partial charge in [0.25, 0.3) is 5.91 Å². The lowest BCUT2D eigenvalue weighted by atomic mass is 9.97. The molecule has 19 heavy (non-hydrogen) atoms. The van der Waals surface area contributed by atoms with E-state index in [2.05, 4.69) is 0 Å². The summed E-state index contributed by atoms with van der Waals surface area (Å²) in [7, 11) is 0. The first kappa shape index (κ1) is 12.4. The van der Waals surface area contributed by atoms with Crippen LogP contribution in [0.3, 0.4) is 0 Å². The molecule has 1 heterocycles. The van der Waals surface area contributed by atoms with E-state index >= 15 is 0 Å². The summed E-state index contributed by atoms with van der Waals surface area (Å²) in [5.74, 6) is -0.0634. The summed E-state index contributed by atoms with van der Waals surface area (Å²) in [6.07, 6.45) is 2.39. The Morgan fingerprint density at radius 2 is 2.00 bits per heavy atom. The van der Waals surface area contributed by atoms with Crippen LogP contribution in [0.15, 0.2) is 24.3 Å². The molecule has 2 amide bonds. The molecule has 0 spiro atoms. The molecule has 0 saturated heterocycles. The monoisotopic (exact) mass is 259 g/mol. The van der Waals surface area contributed by atoms with E-state index in [0.29, 0.717) is 24.9 Å². The minimum absolute atomic E-state index is 0.120. The number of nitrogens with zero attached hydrogens (tertiary/aromatic N) is 1. The van der Waals surface area contributed by atoms with Crippen molar-refractivity contribution in [2.24, 2.45) is 5.92 Å². The van der Waals surface area contributed by atoms with E-state index < -0.39 is 0 Å². The Bertz CT molecular complexity index is 526. The average Bonchev–Trinajstić information content (AvgIpc) is 2.80. The fourth-order valence-corrected chi connectivity index (χ4v) is 3.06. The predicted octanol–water partition coefficient (Wildman–Crippen LogP) is 1.37. The normalized spacial score (nSPS) is 26.7. The van der Waals surface area contributed by atoms with Crippen LogP contribution in [0.2, 0.25) is 0 Å². The number of aliphatic hydroxyl groups excluding tert-OH is 1. The molecule has 3 rings (SSSR count). The lowest BCUT2D eigenvalue weighted by Crippen LogP contribution is -2.44. The second-order valence-corrected chi connectivity index (χ2v) is 5.48. The number of carbonyl (C=O) groups excluding carboxylic acids is 2. The van der Waals surface area contributed by atoms with Gasteiger partial charge in [-0.05, 0) is 36.8 Å². The molecule has 1 aromatic rings. The number of amides is 2. The maximum absolute atomic E-state index is 12.3. The largest absolute Gasteiger partial charge is 0.393 e. The maximum Gasteiger partial charge on any atom is 0.260 e. The van der Waals surface area contributed by atoms with Crippen LogP contribution < -0.4 is 0 Å². The summed E-state index contributed by atoms with van der Waals surface area (Å²) in [6.45, 7) is 0.447. The van der Waals surface area contributed by atoms with Crippen molar-refractivity contribution in [3.8, 4) is 0 Å². The zero-order valence-electron chi connectivity index (χ0n) is 10.7. The van der Waals surface area contributed by atoms with Crippen LogP contribution in [0, 0.1) is 5.92 Å². The fraction of sp³-hybridized carbons (Fsp3) is 0.467. The van der Waals surface area contributed by atoms with Crippen LogP contribution in [0.4, 0.5) is 0 Å². The van der Waals surface area contributed by atoms with Gasteiger partial charge in [0, 0.05) is 12.1 Å². The van der Waals surface area contributed by atoms with Crippen molar-refractivity contribution in [3.63, 3.8) is 0 Å². The van der Waals surface area contributed by atoms with Gasteiger partial charge < -0.3 is 5.11 Å². The Balaban J connectivity index is 1.79. The van der Waals surface area contributed by atoms with Gasteiger partial charge in [-0.2, -0.15) is 0 Å². The molecule has 1 aliphatic carbocycles. The summed E-state index contributed by atoms with van der Waals surface area (Å²) in [5.41, 5.74) is 1.46. The molecule has 0 bridgehead atoms. The van der Waals surface area contributed by atoms with Gasteiger partial charge in [0.2, 0.25) is 5.91 Å². The Kier molecular flexibility index (Phi) is 3.11. The molecule has 1 N–H and O–H groups in total. The van der Waals surface area contributed by atoms with E-state index in [1.165, 1.54) is 4.90 Å². The van der Waals surface area contributed by atoms with Gasteiger partial charge in [0.05, 0.1) is 12.5 Å². The van der Waals surface area contributed by atoms with Gasteiger partial charge in [-0.3, -0.25) is 14.5 Å². The molecule has 4 nitrogen and oxygen atoms in total. The zero-order chi connectivity index (χ0) is 13.4. The third kappa shape index (κ3) is 2.28. The zero-order valence-corrected chi connectivity index (χ0v) is 10.7. The van der Waals surface area contributed by atoms with E-state index in [-0.39, 0.29) is 23.8 Å². The highest BCUT2D eigenvalue weighted by Crippen LogP contribution is 2.28. The molecule has 1 fully saturated rings. The summed E-state index contributed by atoms with van der Waals surface area (Å²) in [5, 5.41) is 9.53. The lowest BCUT2D eigenvalue weighted by molar-refractivity contribution is -0.128. The van der Waals surface area contributed by atoms with Crippen LogP contribution in [0.25, 0.3) is 0 Å². The van der Waals surface area contributed by atoms with Crippen molar-refractivity contribution in [2.75, 3.05) is 6.54 Å². The molecule has 1 saturated carbocycles. The van der Waals surface area contributed by atoms with Gasteiger partial charge in [-0.1, -0.05) is 18.2 Å². The Morgan fingerprint density at radius 3 is 2.74 bits per heavy atom. The summed E-state index contributed by atoms with van der Waals surface area (Å²) < 4.78 is 0. The molecule has 100 valence electrons. The molecule has 2 unspecified atom stereocenters. The molecular formula is C15H17NO3. The van der Waals surface area contributed by atoms with E-state index in [0.717, 1.165) is 18.4 Å². The van der Waals surface area contributed by atoms with Crippen LogP contribution in [-0.2, 0) is 11.2 Å². The predicted molar refractivity (Wildman–Crippen MR) is 69.5 cm³/mol. The van der Waals surface area contributed by atoms with E-state index in [9.17, 15) is 14.7 Å². The third-order valence-corrected chi connectivity index (χ3v) is 4.09. The quantitative estimate of drug-likeness (QED) is 0.816. The average molecular weight is 259 g/mol. The molecule has 4 heteroatoms. The number of fused-ring (bicyclic) bond motifs is 1. The summed E-state index contributed by atoms with van der Waals surface area (Å²) >= 11 is 0. The van der Waals surface area contributed by atoms with Crippen molar-refractivity contribution in [3.05, 3.63) is 35.4 Å².